The predicted octanol–water partition coefficient (Wildman–Crippen LogP) is 1.39. The number of amides is 1. The van der Waals surface area contributed by atoms with Gasteiger partial charge in [0.2, 0.25) is 0 Å². The summed E-state index contributed by atoms with van der Waals surface area (Å²) in [4.78, 5) is 14.3. The Morgan fingerprint density at radius 2 is 1.92 bits per heavy atom. The number of carbonyl (C=O) groups excluding carboxylic acids is 1. The Labute approximate surface area is 154 Å². The van der Waals surface area contributed by atoms with Crippen LogP contribution in [0.25, 0.3) is 0 Å². The Morgan fingerprint density at radius 1 is 1.19 bits per heavy atom. The van der Waals surface area contributed by atoms with Gasteiger partial charge in [-0.3, -0.25) is 4.79 Å². The van der Waals surface area contributed by atoms with Crippen molar-refractivity contribution in [1.82, 2.24) is 5.32 Å². The van der Waals surface area contributed by atoms with Gasteiger partial charge in [0.05, 0.1) is 20.3 Å². The predicted molar refractivity (Wildman–Crippen MR) is 101 cm³/mol. The molecular formula is C21H27N2O3+. The van der Waals surface area contributed by atoms with E-state index in [2.05, 4.69) is 17.4 Å². The summed E-state index contributed by atoms with van der Waals surface area (Å²) in [6, 6.07) is 15.7. The zero-order valence-electron chi connectivity index (χ0n) is 15.5. The van der Waals surface area contributed by atoms with Crippen LogP contribution in [-0.2, 0) is 4.74 Å². The maximum atomic E-state index is 12.8. The number of rotatable bonds is 6. The third kappa shape index (κ3) is 4.62. The van der Waals surface area contributed by atoms with Crippen LogP contribution in [0.4, 0.5) is 0 Å². The first-order valence-electron chi connectivity index (χ1n) is 9.09. The van der Waals surface area contributed by atoms with Crippen LogP contribution in [-0.4, -0.2) is 45.9 Å². The van der Waals surface area contributed by atoms with Crippen LogP contribution < -0.4 is 15.0 Å². The van der Waals surface area contributed by atoms with Gasteiger partial charge in [0, 0.05) is 5.56 Å². The van der Waals surface area contributed by atoms with Gasteiger partial charge in [-0.2, -0.15) is 0 Å². The van der Waals surface area contributed by atoms with Crippen molar-refractivity contribution in [3.8, 4) is 5.75 Å². The molecule has 2 N–H and O–H groups in total. The van der Waals surface area contributed by atoms with Crippen LogP contribution in [0.3, 0.4) is 0 Å². The molecule has 26 heavy (non-hydrogen) atoms. The summed E-state index contributed by atoms with van der Waals surface area (Å²) in [6.07, 6.45) is 0. The van der Waals surface area contributed by atoms with Gasteiger partial charge in [0.15, 0.2) is 0 Å². The Morgan fingerprint density at radius 3 is 2.62 bits per heavy atom. The summed E-state index contributed by atoms with van der Waals surface area (Å²) in [5.74, 6) is 0.650. The molecule has 2 aromatic carbocycles. The number of ether oxygens (including phenoxy) is 2. The second-order valence-corrected chi connectivity index (χ2v) is 6.69. The van der Waals surface area contributed by atoms with E-state index in [4.69, 9.17) is 9.47 Å². The molecule has 0 aliphatic carbocycles. The second kappa shape index (κ2) is 8.83. The minimum atomic E-state index is -0.0789. The molecule has 5 heteroatoms. The fraction of sp³-hybridized carbons (Fsp3) is 0.381. The van der Waals surface area contributed by atoms with E-state index in [1.165, 1.54) is 4.90 Å². The number of hydrogen-bond acceptors (Lipinski definition) is 3. The number of benzene rings is 2. The third-order valence-electron chi connectivity index (χ3n) is 4.87. The Bertz CT molecular complexity index is 727. The molecule has 0 unspecified atom stereocenters. The molecule has 0 radical (unpaired) electrons. The summed E-state index contributed by atoms with van der Waals surface area (Å²) in [7, 11) is 1.62. The average molecular weight is 355 g/mol. The van der Waals surface area contributed by atoms with Crippen LogP contribution >= 0.6 is 0 Å². The quantitative estimate of drug-likeness (QED) is 0.823. The number of methoxy groups -OCH3 is 1. The normalized spacial score (nSPS) is 16.1. The zero-order chi connectivity index (χ0) is 18.4. The number of aryl methyl sites for hydroxylation is 1. The van der Waals surface area contributed by atoms with Gasteiger partial charge < -0.3 is 19.7 Å². The molecule has 3 rings (SSSR count). The minimum absolute atomic E-state index is 0.0379. The van der Waals surface area contributed by atoms with Gasteiger partial charge in [-0.25, -0.2) is 0 Å². The van der Waals surface area contributed by atoms with E-state index in [9.17, 15) is 4.79 Å². The first kappa shape index (κ1) is 18.4. The lowest BCUT2D eigenvalue weighted by molar-refractivity contribution is -0.909. The molecule has 1 saturated heterocycles. The maximum absolute atomic E-state index is 12.8. The maximum Gasteiger partial charge on any atom is 0.252 e. The van der Waals surface area contributed by atoms with E-state index in [1.54, 1.807) is 13.2 Å². The molecule has 5 nitrogen and oxygen atoms in total. The molecular weight excluding hydrogens is 328 g/mol. The van der Waals surface area contributed by atoms with Gasteiger partial charge in [-0.05, 0) is 30.2 Å². The summed E-state index contributed by atoms with van der Waals surface area (Å²) >= 11 is 0. The molecule has 0 bridgehead atoms. The highest BCUT2D eigenvalue weighted by atomic mass is 16.5. The summed E-state index contributed by atoms with van der Waals surface area (Å²) < 4.78 is 10.8. The molecule has 1 heterocycles. The zero-order valence-corrected chi connectivity index (χ0v) is 15.5. The Kier molecular flexibility index (Phi) is 6.26. The molecule has 1 aliphatic heterocycles. The topological polar surface area (TPSA) is 52.0 Å². The summed E-state index contributed by atoms with van der Waals surface area (Å²) in [5, 5.41) is 3.21. The van der Waals surface area contributed by atoms with Crippen LogP contribution in [0, 0.1) is 6.92 Å². The van der Waals surface area contributed by atoms with Gasteiger partial charge >= 0.3 is 0 Å². The number of nitrogens with one attached hydrogen (secondary N) is 2. The van der Waals surface area contributed by atoms with Crippen molar-refractivity contribution in [2.75, 3.05) is 40.0 Å². The third-order valence-corrected chi connectivity index (χ3v) is 4.87. The molecule has 0 saturated carbocycles. The van der Waals surface area contributed by atoms with E-state index >= 15 is 0 Å². The lowest BCUT2D eigenvalue weighted by Crippen LogP contribution is -3.14. The number of morpholine rings is 1. The van der Waals surface area contributed by atoms with Crippen LogP contribution in [0.5, 0.6) is 5.75 Å². The van der Waals surface area contributed by atoms with Crippen LogP contribution in [0.2, 0.25) is 0 Å². The Hall–Kier alpha value is -2.37. The van der Waals surface area contributed by atoms with Gasteiger partial charge in [-0.1, -0.05) is 36.4 Å². The second-order valence-electron chi connectivity index (χ2n) is 6.69. The van der Waals surface area contributed by atoms with E-state index in [0.29, 0.717) is 5.56 Å². The van der Waals surface area contributed by atoms with Gasteiger partial charge in [0.1, 0.15) is 31.4 Å². The number of carbonyl (C=O) groups is 1. The van der Waals surface area contributed by atoms with Crippen molar-refractivity contribution < 1.29 is 19.2 Å². The molecule has 138 valence electrons. The van der Waals surface area contributed by atoms with Crippen molar-refractivity contribution in [1.29, 1.82) is 0 Å². The monoisotopic (exact) mass is 355 g/mol. The lowest BCUT2D eigenvalue weighted by Gasteiger charge is -2.28. The standard InChI is InChI=1S/C21H26N2O3/c1-16-8-9-18(14-20(16)25-2)21(24)22-19(17-6-4-3-5-7-17)15-23-10-12-26-13-11-23/h3-9,14,19H,10-13,15H2,1-2H3,(H,22,24)/p+1/t19-/m1/s1. The van der Waals surface area contributed by atoms with E-state index < -0.39 is 0 Å². The summed E-state index contributed by atoms with van der Waals surface area (Å²) in [5.41, 5.74) is 2.76. The van der Waals surface area contributed by atoms with Gasteiger partial charge in [-0.15, -0.1) is 0 Å². The van der Waals surface area contributed by atoms with Crippen molar-refractivity contribution in [2.24, 2.45) is 0 Å². The molecule has 1 amide bonds. The van der Waals surface area contributed by atoms with Crippen molar-refractivity contribution in [3.63, 3.8) is 0 Å². The lowest BCUT2D eigenvalue weighted by atomic mass is 10.0. The van der Waals surface area contributed by atoms with Crippen molar-refractivity contribution in [2.45, 2.75) is 13.0 Å². The minimum Gasteiger partial charge on any atom is -0.496 e. The molecule has 2 aromatic rings. The molecule has 1 fully saturated rings. The molecule has 0 aromatic heterocycles. The van der Waals surface area contributed by atoms with Crippen molar-refractivity contribution >= 4 is 5.91 Å². The first-order valence-corrected chi connectivity index (χ1v) is 9.09. The van der Waals surface area contributed by atoms with E-state index in [-0.39, 0.29) is 11.9 Å². The van der Waals surface area contributed by atoms with Gasteiger partial charge in [0.25, 0.3) is 5.91 Å². The number of hydrogen-bond donors (Lipinski definition) is 2. The first-order chi connectivity index (χ1) is 12.7. The molecule has 1 atom stereocenters. The summed E-state index contributed by atoms with van der Waals surface area (Å²) in [6.45, 7) is 6.31. The van der Waals surface area contributed by atoms with Crippen molar-refractivity contribution in [3.05, 3.63) is 65.2 Å². The number of quaternary nitrogens is 1. The fourth-order valence-corrected chi connectivity index (χ4v) is 3.29. The van der Waals surface area contributed by atoms with Crippen LogP contribution in [0.15, 0.2) is 48.5 Å². The van der Waals surface area contributed by atoms with E-state index in [1.807, 2.05) is 37.3 Å². The Balaban J connectivity index is 1.77. The highest BCUT2D eigenvalue weighted by Gasteiger charge is 2.23. The average Bonchev–Trinajstić information content (AvgIpc) is 2.69. The highest BCUT2D eigenvalue weighted by Crippen LogP contribution is 2.20. The fourth-order valence-electron chi connectivity index (χ4n) is 3.29. The largest absolute Gasteiger partial charge is 0.496 e. The molecule has 1 aliphatic rings. The molecule has 0 spiro atoms. The van der Waals surface area contributed by atoms with E-state index in [0.717, 1.165) is 49.7 Å². The SMILES string of the molecule is COc1cc(C(=O)N[C@H](C[NH+]2CCOCC2)c2ccccc2)ccc1C. The highest BCUT2D eigenvalue weighted by molar-refractivity contribution is 5.95. The van der Waals surface area contributed by atoms with Crippen LogP contribution in [0.1, 0.15) is 27.5 Å². The smallest absolute Gasteiger partial charge is 0.252 e.